The lowest BCUT2D eigenvalue weighted by atomic mass is 10.2. The van der Waals surface area contributed by atoms with E-state index in [1.165, 1.54) is 23.5 Å². The number of carbonyl (C=O) groups is 1. The summed E-state index contributed by atoms with van der Waals surface area (Å²) in [6.45, 7) is 4.14. The summed E-state index contributed by atoms with van der Waals surface area (Å²) in [4.78, 5) is 38.2. The number of carbonyl (C=O) groups excluding carboxylic acids is 1. The van der Waals surface area contributed by atoms with Crippen LogP contribution in [0.25, 0.3) is 33.7 Å². The number of aromatic amines is 1. The highest BCUT2D eigenvalue weighted by atomic mass is 35.5. The Labute approximate surface area is 208 Å². The first-order valence-corrected chi connectivity index (χ1v) is 12.3. The second-order valence-electron chi connectivity index (χ2n) is 8.48. The highest BCUT2D eigenvalue weighted by molar-refractivity contribution is 7.14. The van der Waals surface area contributed by atoms with Gasteiger partial charge in [-0.2, -0.15) is 0 Å². The normalized spacial score (nSPS) is 16.5. The summed E-state index contributed by atoms with van der Waals surface area (Å²) in [5.41, 5.74) is 5.08. The maximum Gasteiger partial charge on any atom is 0.242 e. The Kier molecular flexibility index (Phi) is 5.37. The number of hydrogen-bond donors (Lipinski definition) is 1. The first-order valence-electron chi connectivity index (χ1n) is 11.1. The fourth-order valence-corrected chi connectivity index (χ4v) is 5.50. The molecule has 0 aliphatic carbocycles. The molecule has 1 saturated heterocycles. The lowest BCUT2D eigenvalue weighted by molar-refractivity contribution is -0.134. The van der Waals surface area contributed by atoms with Gasteiger partial charge in [0.2, 0.25) is 5.91 Å². The van der Waals surface area contributed by atoms with E-state index in [-0.39, 0.29) is 23.5 Å². The number of anilines is 1. The number of fused-ring (bicyclic) bond motifs is 2. The number of H-pyrrole nitrogens is 1. The van der Waals surface area contributed by atoms with Crippen molar-refractivity contribution < 1.29 is 9.18 Å². The van der Waals surface area contributed by atoms with Gasteiger partial charge in [0.15, 0.2) is 11.5 Å². The topological polar surface area (TPSA) is 95.8 Å². The number of nitrogens with one attached hydrogen (secondary N) is 1. The second-order valence-corrected chi connectivity index (χ2v) is 9.72. The van der Waals surface area contributed by atoms with E-state index in [1.807, 2.05) is 24.0 Å². The van der Waals surface area contributed by atoms with E-state index in [0.29, 0.717) is 47.8 Å². The van der Waals surface area contributed by atoms with Gasteiger partial charge in [-0.15, -0.1) is 11.3 Å². The molecule has 178 valence electrons. The minimum absolute atomic E-state index is 0.00230. The average molecular weight is 511 g/mol. The smallest absolute Gasteiger partial charge is 0.242 e. The molecule has 9 nitrogen and oxygen atoms in total. The molecule has 0 saturated carbocycles. The number of hydrogen-bond acceptors (Lipinski definition) is 7. The van der Waals surface area contributed by atoms with Crippen molar-refractivity contribution in [3.05, 3.63) is 53.1 Å². The zero-order chi connectivity index (χ0) is 24.1. The van der Waals surface area contributed by atoms with E-state index in [0.717, 1.165) is 10.5 Å². The Morgan fingerprint density at radius 3 is 3.00 bits per heavy atom. The maximum absolute atomic E-state index is 13.9. The largest absolute Gasteiger partial charge is 0.358 e. The van der Waals surface area contributed by atoms with Gasteiger partial charge in [0, 0.05) is 37.9 Å². The van der Waals surface area contributed by atoms with Crippen molar-refractivity contribution in [3.63, 3.8) is 0 Å². The van der Waals surface area contributed by atoms with Crippen molar-refractivity contribution in [1.82, 2.24) is 34.4 Å². The standard InChI is InChI=1S/C23H20ClFN8OS/c1-13-9-31(5-6-33(13)19(34)10-32-11-27-16-3-2-4-26-22(16)32)23-20(28-12-35-23)21-29-17-7-14(24)15(25)8-18(17)30-21/h2-4,7-8,11-13H,5-6,9-10H2,1H3,(H,29,30)/t13-/m1/s1. The first-order chi connectivity index (χ1) is 17.0. The van der Waals surface area contributed by atoms with Crippen LogP contribution in [0.1, 0.15) is 6.92 Å². The monoisotopic (exact) mass is 510 g/mol. The number of benzene rings is 1. The van der Waals surface area contributed by atoms with E-state index >= 15 is 0 Å². The van der Waals surface area contributed by atoms with Crippen LogP contribution in [0.4, 0.5) is 9.39 Å². The maximum atomic E-state index is 13.9. The summed E-state index contributed by atoms with van der Waals surface area (Å²) in [5, 5.41) is 0.988. The van der Waals surface area contributed by atoms with Crippen molar-refractivity contribution in [2.24, 2.45) is 0 Å². The van der Waals surface area contributed by atoms with Gasteiger partial charge in [-0.25, -0.2) is 24.3 Å². The van der Waals surface area contributed by atoms with Crippen molar-refractivity contribution in [2.45, 2.75) is 19.5 Å². The van der Waals surface area contributed by atoms with Gasteiger partial charge in [0.1, 0.15) is 28.6 Å². The van der Waals surface area contributed by atoms with E-state index in [2.05, 4.69) is 29.8 Å². The van der Waals surface area contributed by atoms with E-state index in [9.17, 15) is 9.18 Å². The quantitative estimate of drug-likeness (QED) is 0.393. The Balaban J connectivity index is 1.19. The zero-order valence-electron chi connectivity index (χ0n) is 18.7. The predicted octanol–water partition coefficient (Wildman–Crippen LogP) is 3.96. The van der Waals surface area contributed by atoms with E-state index in [1.54, 1.807) is 22.6 Å². The number of pyridine rings is 1. The number of piperazine rings is 1. The molecule has 0 unspecified atom stereocenters. The molecule has 6 rings (SSSR count). The third-order valence-corrected chi connectivity index (χ3v) is 7.39. The van der Waals surface area contributed by atoms with Crippen LogP contribution in [-0.4, -0.2) is 66.0 Å². The van der Waals surface area contributed by atoms with Gasteiger partial charge >= 0.3 is 0 Å². The van der Waals surface area contributed by atoms with E-state index < -0.39 is 5.82 Å². The third kappa shape index (κ3) is 3.90. The fourth-order valence-electron chi connectivity index (χ4n) is 4.51. The second kappa shape index (κ2) is 8.58. The minimum Gasteiger partial charge on any atom is -0.358 e. The number of rotatable bonds is 4. The zero-order valence-corrected chi connectivity index (χ0v) is 20.2. The number of imidazole rings is 2. The summed E-state index contributed by atoms with van der Waals surface area (Å²) in [6.07, 6.45) is 3.36. The van der Waals surface area contributed by atoms with Crippen LogP contribution in [0.15, 0.2) is 42.3 Å². The lowest BCUT2D eigenvalue weighted by Crippen LogP contribution is -2.54. The van der Waals surface area contributed by atoms with Gasteiger partial charge in [-0.1, -0.05) is 11.6 Å². The highest BCUT2D eigenvalue weighted by Gasteiger charge is 2.30. The summed E-state index contributed by atoms with van der Waals surface area (Å²) in [5.74, 6) is 0.0911. The Bertz CT molecular complexity index is 1520. The third-order valence-electron chi connectivity index (χ3n) is 6.21. The molecule has 1 atom stereocenters. The average Bonchev–Trinajstić information content (AvgIpc) is 3.58. The van der Waals surface area contributed by atoms with Gasteiger partial charge in [0.05, 0.1) is 27.9 Å². The lowest BCUT2D eigenvalue weighted by Gasteiger charge is -2.40. The van der Waals surface area contributed by atoms with Crippen molar-refractivity contribution in [1.29, 1.82) is 0 Å². The molecule has 12 heteroatoms. The molecule has 4 aromatic heterocycles. The first kappa shape index (κ1) is 21.9. The molecule has 1 aromatic carbocycles. The molecule has 0 radical (unpaired) electrons. The fraction of sp³-hybridized carbons (Fsp3) is 0.261. The summed E-state index contributed by atoms with van der Waals surface area (Å²) >= 11 is 7.43. The Hall–Kier alpha value is -3.57. The molecular formula is C23H20ClFN8OS. The summed E-state index contributed by atoms with van der Waals surface area (Å²) in [6, 6.07) is 6.55. The molecule has 1 amide bonds. The van der Waals surface area contributed by atoms with E-state index in [4.69, 9.17) is 11.6 Å². The SMILES string of the molecule is C[C@@H]1CN(c2scnc2-c2nc3cc(Cl)c(F)cc3[nH]2)CCN1C(=O)Cn1cnc2cccnc21. The summed E-state index contributed by atoms with van der Waals surface area (Å²) < 4.78 is 15.7. The summed E-state index contributed by atoms with van der Waals surface area (Å²) in [7, 11) is 0. The van der Waals surface area contributed by atoms with Crippen molar-refractivity contribution in [2.75, 3.05) is 24.5 Å². The molecular weight excluding hydrogens is 491 g/mol. The molecule has 1 aliphatic rings. The molecule has 5 aromatic rings. The number of aromatic nitrogens is 6. The highest BCUT2D eigenvalue weighted by Crippen LogP contribution is 2.35. The number of nitrogens with zero attached hydrogens (tertiary/aromatic N) is 7. The van der Waals surface area contributed by atoms with Gasteiger partial charge < -0.3 is 19.4 Å². The van der Waals surface area contributed by atoms with Crippen LogP contribution < -0.4 is 4.90 Å². The van der Waals surface area contributed by atoms with Crippen molar-refractivity contribution >= 4 is 56.0 Å². The minimum atomic E-state index is -0.498. The molecule has 35 heavy (non-hydrogen) atoms. The van der Waals surface area contributed by atoms with Crippen molar-refractivity contribution in [3.8, 4) is 11.5 Å². The number of amides is 1. The van der Waals surface area contributed by atoms with Gasteiger partial charge in [0.25, 0.3) is 0 Å². The van der Waals surface area contributed by atoms with Crippen LogP contribution in [0.2, 0.25) is 5.02 Å². The molecule has 0 spiro atoms. The Morgan fingerprint density at radius 2 is 2.14 bits per heavy atom. The van der Waals surface area contributed by atoms with Crippen LogP contribution in [0.3, 0.4) is 0 Å². The van der Waals surface area contributed by atoms with Gasteiger partial charge in [-0.3, -0.25) is 4.79 Å². The number of halogens is 2. The molecule has 1 fully saturated rings. The van der Waals surface area contributed by atoms with Crippen LogP contribution in [-0.2, 0) is 11.3 Å². The molecule has 0 bridgehead atoms. The predicted molar refractivity (Wildman–Crippen MR) is 133 cm³/mol. The van der Waals surface area contributed by atoms with Crippen LogP contribution in [0.5, 0.6) is 0 Å². The molecule has 1 aliphatic heterocycles. The molecule has 1 N–H and O–H groups in total. The van der Waals surface area contributed by atoms with Crippen LogP contribution in [0, 0.1) is 5.82 Å². The van der Waals surface area contributed by atoms with Gasteiger partial charge in [-0.05, 0) is 25.1 Å². The Morgan fingerprint density at radius 1 is 1.26 bits per heavy atom. The molecule has 5 heterocycles. The number of thiazole rings is 1. The van der Waals surface area contributed by atoms with Crippen LogP contribution >= 0.6 is 22.9 Å².